The number of aliphatic carboxylic acids is 1. The fraction of sp³-hybridized carbons (Fsp3) is 0.500. The molecule has 2 rings (SSSR count). The van der Waals surface area contributed by atoms with Crippen molar-refractivity contribution < 1.29 is 9.90 Å². The Bertz CT molecular complexity index is 442. The van der Waals surface area contributed by atoms with Gasteiger partial charge >= 0.3 is 5.97 Å². The molecule has 1 aromatic carbocycles. The highest BCUT2D eigenvalue weighted by Crippen LogP contribution is 2.45. The van der Waals surface area contributed by atoms with Crippen LogP contribution in [0.5, 0.6) is 0 Å². The van der Waals surface area contributed by atoms with E-state index in [1.165, 1.54) is 11.1 Å². The molecule has 0 radical (unpaired) electrons. The fourth-order valence-corrected chi connectivity index (χ4v) is 2.73. The number of aryl methyl sites for hydroxylation is 1. The molecule has 1 saturated carbocycles. The van der Waals surface area contributed by atoms with Crippen molar-refractivity contribution in [1.82, 2.24) is 0 Å². The Morgan fingerprint density at radius 3 is 2.82 bits per heavy atom. The summed E-state index contributed by atoms with van der Waals surface area (Å²) in [5, 5.41) is 8.91. The van der Waals surface area contributed by atoms with Gasteiger partial charge in [-0.1, -0.05) is 35.0 Å². The van der Waals surface area contributed by atoms with Gasteiger partial charge in [0.15, 0.2) is 0 Å². The second kappa shape index (κ2) is 4.81. The van der Waals surface area contributed by atoms with Crippen LogP contribution in [0.4, 0.5) is 0 Å². The molecule has 3 heteroatoms. The van der Waals surface area contributed by atoms with Crippen molar-refractivity contribution in [2.24, 2.45) is 17.8 Å². The molecule has 92 valence electrons. The zero-order valence-corrected chi connectivity index (χ0v) is 11.7. The predicted octanol–water partition coefficient (Wildman–Crippen LogP) is 3.66. The minimum atomic E-state index is -0.631. The van der Waals surface area contributed by atoms with Crippen molar-refractivity contribution in [2.75, 3.05) is 0 Å². The number of carboxylic acids is 1. The fourth-order valence-electron chi connectivity index (χ4n) is 2.48. The third kappa shape index (κ3) is 2.89. The zero-order valence-electron chi connectivity index (χ0n) is 10.1. The van der Waals surface area contributed by atoms with Gasteiger partial charge in [0, 0.05) is 4.47 Å². The smallest absolute Gasteiger partial charge is 0.306 e. The van der Waals surface area contributed by atoms with E-state index >= 15 is 0 Å². The monoisotopic (exact) mass is 296 g/mol. The first-order valence-electron chi connectivity index (χ1n) is 5.97. The molecule has 1 aromatic rings. The SMILES string of the molecule is Cc1cc(CC(C)C2CC2C(=O)O)ccc1Br. The Labute approximate surface area is 110 Å². The molecule has 0 saturated heterocycles. The molecule has 1 N–H and O–H groups in total. The molecular weight excluding hydrogens is 280 g/mol. The summed E-state index contributed by atoms with van der Waals surface area (Å²) < 4.78 is 1.13. The van der Waals surface area contributed by atoms with Crippen LogP contribution in [0.2, 0.25) is 0 Å². The lowest BCUT2D eigenvalue weighted by Gasteiger charge is -2.11. The summed E-state index contributed by atoms with van der Waals surface area (Å²) in [6.07, 6.45) is 1.83. The largest absolute Gasteiger partial charge is 0.481 e. The molecule has 0 aliphatic heterocycles. The first-order valence-corrected chi connectivity index (χ1v) is 6.76. The zero-order chi connectivity index (χ0) is 12.6. The van der Waals surface area contributed by atoms with Crippen molar-refractivity contribution in [1.29, 1.82) is 0 Å². The number of rotatable bonds is 4. The van der Waals surface area contributed by atoms with Gasteiger partial charge in [-0.3, -0.25) is 4.79 Å². The van der Waals surface area contributed by atoms with E-state index in [0.717, 1.165) is 17.3 Å². The predicted molar refractivity (Wildman–Crippen MR) is 71.0 cm³/mol. The molecule has 0 heterocycles. The van der Waals surface area contributed by atoms with Crippen LogP contribution in [-0.4, -0.2) is 11.1 Å². The van der Waals surface area contributed by atoms with Crippen molar-refractivity contribution in [3.05, 3.63) is 33.8 Å². The van der Waals surface area contributed by atoms with Crippen molar-refractivity contribution in [3.8, 4) is 0 Å². The number of carbonyl (C=O) groups is 1. The standard InChI is InChI=1S/C14H17BrO2/c1-8(11-7-12(11)14(16)17)5-10-3-4-13(15)9(2)6-10/h3-4,6,8,11-12H,5,7H2,1-2H3,(H,16,17). The third-order valence-electron chi connectivity index (χ3n) is 3.67. The third-order valence-corrected chi connectivity index (χ3v) is 4.56. The van der Waals surface area contributed by atoms with Gasteiger partial charge in [-0.25, -0.2) is 0 Å². The quantitative estimate of drug-likeness (QED) is 0.921. The van der Waals surface area contributed by atoms with E-state index in [9.17, 15) is 4.79 Å². The van der Waals surface area contributed by atoms with E-state index in [-0.39, 0.29) is 5.92 Å². The second-order valence-electron chi connectivity index (χ2n) is 5.11. The molecule has 0 amide bonds. The first-order chi connectivity index (χ1) is 7.99. The average Bonchev–Trinajstić information content (AvgIpc) is 3.03. The van der Waals surface area contributed by atoms with Crippen molar-refractivity contribution in [2.45, 2.75) is 26.7 Å². The van der Waals surface area contributed by atoms with Crippen LogP contribution >= 0.6 is 15.9 Å². The van der Waals surface area contributed by atoms with Gasteiger partial charge in [-0.2, -0.15) is 0 Å². The maximum Gasteiger partial charge on any atom is 0.306 e. The summed E-state index contributed by atoms with van der Waals surface area (Å²) in [6, 6.07) is 6.36. The maximum atomic E-state index is 10.8. The number of hydrogen-bond donors (Lipinski definition) is 1. The Balaban J connectivity index is 1.97. The second-order valence-corrected chi connectivity index (χ2v) is 5.96. The number of halogens is 1. The van der Waals surface area contributed by atoms with E-state index in [1.807, 2.05) is 0 Å². The minimum absolute atomic E-state index is 0.0958. The van der Waals surface area contributed by atoms with E-state index in [4.69, 9.17) is 5.11 Å². The van der Waals surface area contributed by atoms with E-state index in [2.05, 4.69) is 48.0 Å². The van der Waals surface area contributed by atoms with Crippen molar-refractivity contribution >= 4 is 21.9 Å². The molecule has 1 aliphatic rings. The summed E-state index contributed by atoms with van der Waals surface area (Å²) in [7, 11) is 0. The number of carboxylic acid groups (broad SMARTS) is 1. The van der Waals surface area contributed by atoms with Crippen LogP contribution in [0.1, 0.15) is 24.5 Å². The van der Waals surface area contributed by atoms with Crippen LogP contribution < -0.4 is 0 Å². The van der Waals surface area contributed by atoms with Gasteiger partial charge in [0.2, 0.25) is 0 Å². The van der Waals surface area contributed by atoms with Crippen LogP contribution in [0, 0.1) is 24.7 Å². The van der Waals surface area contributed by atoms with E-state index in [1.54, 1.807) is 0 Å². The number of hydrogen-bond acceptors (Lipinski definition) is 1. The lowest BCUT2D eigenvalue weighted by Crippen LogP contribution is -2.08. The molecular formula is C14H17BrO2. The van der Waals surface area contributed by atoms with Crippen LogP contribution in [0.15, 0.2) is 22.7 Å². The summed E-state index contributed by atoms with van der Waals surface area (Å²) in [6.45, 7) is 4.24. The Kier molecular flexibility index (Phi) is 3.57. The Hall–Kier alpha value is -0.830. The first kappa shape index (κ1) is 12.6. The van der Waals surface area contributed by atoms with Gasteiger partial charge in [0.1, 0.15) is 0 Å². The van der Waals surface area contributed by atoms with E-state index in [0.29, 0.717) is 11.8 Å². The van der Waals surface area contributed by atoms with Gasteiger partial charge in [-0.15, -0.1) is 0 Å². The molecule has 0 spiro atoms. The highest BCUT2D eigenvalue weighted by atomic mass is 79.9. The average molecular weight is 297 g/mol. The van der Waals surface area contributed by atoms with Crippen LogP contribution in [0.25, 0.3) is 0 Å². The van der Waals surface area contributed by atoms with Gasteiger partial charge < -0.3 is 5.11 Å². The Morgan fingerprint density at radius 1 is 1.59 bits per heavy atom. The summed E-state index contributed by atoms with van der Waals surface area (Å²) in [5.74, 6) is 0.100. The minimum Gasteiger partial charge on any atom is -0.481 e. The molecule has 1 aliphatic carbocycles. The summed E-state index contributed by atoms with van der Waals surface area (Å²) >= 11 is 3.49. The van der Waals surface area contributed by atoms with Crippen molar-refractivity contribution in [3.63, 3.8) is 0 Å². The highest BCUT2D eigenvalue weighted by Gasteiger charge is 2.45. The summed E-state index contributed by atoms with van der Waals surface area (Å²) in [5.41, 5.74) is 2.54. The molecule has 3 atom stereocenters. The lowest BCUT2D eigenvalue weighted by molar-refractivity contribution is -0.139. The normalized spacial score (nSPS) is 24.4. The Morgan fingerprint density at radius 2 is 2.29 bits per heavy atom. The topological polar surface area (TPSA) is 37.3 Å². The molecule has 17 heavy (non-hydrogen) atoms. The molecule has 0 aromatic heterocycles. The van der Waals surface area contributed by atoms with Gasteiger partial charge in [0.25, 0.3) is 0 Å². The van der Waals surface area contributed by atoms with E-state index < -0.39 is 5.97 Å². The van der Waals surface area contributed by atoms with Gasteiger partial charge in [-0.05, 0) is 48.8 Å². The molecule has 3 unspecified atom stereocenters. The summed E-state index contributed by atoms with van der Waals surface area (Å²) in [4.78, 5) is 10.8. The van der Waals surface area contributed by atoms with Gasteiger partial charge in [0.05, 0.1) is 5.92 Å². The number of benzene rings is 1. The maximum absolute atomic E-state index is 10.8. The lowest BCUT2D eigenvalue weighted by atomic mass is 9.95. The molecule has 1 fully saturated rings. The van der Waals surface area contributed by atoms with Crippen LogP contribution in [-0.2, 0) is 11.2 Å². The highest BCUT2D eigenvalue weighted by molar-refractivity contribution is 9.10. The molecule has 2 nitrogen and oxygen atoms in total. The molecule has 0 bridgehead atoms. The van der Waals surface area contributed by atoms with Crippen LogP contribution in [0.3, 0.4) is 0 Å².